The fraction of sp³-hybridized carbons (Fsp3) is 0.824. The molecule has 0 aromatic rings. The van der Waals surface area contributed by atoms with Gasteiger partial charge in [-0.3, -0.25) is 0 Å². The van der Waals surface area contributed by atoms with Crippen molar-refractivity contribution >= 4 is 0 Å². The Morgan fingerprint density at radius 2 is 1.53 bits per heavy atom. The molecule has 19 heavy (non-hydrogen) atoms. The molecule has 2 saturated carbocycles. The standard InChI is InChI=1S/C17H26FN/c18-12-2-1-3-14-4-8-16(9-5-14)17-10-6-15(13-19)7-11-17/h2,12,14-17H,1,3-11H2/b12-2+/t14?,15-,16?,17-. The van der Waals surface area contributed by atoms with Gasteiger partial charge in [0.25, 0.3) is 0 Å². The lowest BCUT2D eigenvalue weighted by Crippen LogP contribution is -2.25. The lowest BCUT2D eigenvalue weighted by Gasteiger charge is -2.36. The highest BCUT2D eigenvalue weighted by atomic mass is 19.1. The molecule has 0 aromatic heterocycles. The third-order valence-corrected chi connectivity index (χ3v) is 5.34. The van der Waals surface area contributed by atoms with Crippen molar-refractivity contribution in [3.63, 3.8) is 0 Å². The zero-order valence-corrected chi connectivity index (χ0v) is 11.9. The van der Waals surface area contributed by atoms with Crippen molar-refractivity contribution in [2.24, 2.45) is 23.7 Å². The predicted octanol–water partition coefficient (Wildman–Crippen LogP) is 5.39. The van der Waals surface area contributed by atoms with Gasteiger partial charge in [0.15, 0.2) is 0 Å². The molecule has 0 aliphatic heterocycles. The molecule has 0 N–H and O–H groups in total. The van der Waals surface area contributed by atoms with Crippen molar-refractivity contribution in [1.82, 2.24) is 0 Å². The van der Waals surface area contributed by atoms with Crippen LogP contribution in [0.2, 0.25) is 0 Å². The maximum absolute atomic E-state index is 11.9. The summed E-state index contributed by atoms with van der Waals surface area (Å²) in [6, 6.07) is 2.43. The van der Waals surface area contributed by atoms with E-state index in [0.29, 0.717) is 12.2 Å². The molecule has 2 rings (SSSR count). The van der Waals surface area contributed by atoms with Crippen molar-refractivity contribution in [2.75, 3.05) is 0 Å². The van der Waals surface area contributed by atoms with Crippen LogP contribution in [0.25, 0.3) is 0 Å². The molecule has 106 valence electrons. The van der Waals surface area contributed by atoms with Crippen molar-refractivity contribution < 1.29 is 4.39 Å². The molecule has 2 aliphatic rings. The summed E-state index contributed by atoms with van der Waals surface area (Å²) in [5, 5.41) is 8.94. The second-order valence-electron chi connectivity index (χ2n) is 6.46. The van der Waals surface area contributed by atoms with E-state index < -0.39 is 0 Å². The van der Waals surface area contributed by atoms with Gasteiger partial charge in [0, 0.05) is 5.92 Å². The topological polar surface area (TPSA) is 23.8 Å². The largest absolute Gasteiger partial charge is 0.216 e. The van der Waals surface area contributed by atoms with Crippen LogP contribution in [0.1, 0.15) is 64.2 Å². The number of hydrogen-bond donors (Lipinski definition) is 0. The molecule has 0 bridgehead atoms. The van der Waals surface area contributed by atoms with Crippen LogP contribution in [-0.4, -0.2) is 0 Å². The summed E-state index contributed by atoms with van der Waals surface area (Å²) in [7, 11) is 0. The SMILES string of the molecule is N#C[C@H]1CC[C@H](C2CCC(CC/C=C/F)CC2)CC1. The highest BCUT2D eigenvalue weighted by Gasteiger charge is 2.30. The monoisotopic (exact) mass is 263 g/mol. The number of allylic oxidation sites excluding steroid dienone is 1. The zero-order valence-electron chi connectivity index (χ0n) is 11.9. The molecule has 0 spiro atoms. The summed E-state index contributed by atoms with van der Waals surface area (Å²) in [6.45, 7) is 0. The summed E-state index contributed by atoms with van der Waals surface area (Å²) >= 11 is 0. The Bertz CT molecular complexity index is 315. The van der Waals surface area contributed by atoms with Gasteiger partial charge < -0.3 is 0 Å². The van der Waals surface area contributed by atoms with Gasteiger partial charge in [-0.25, -0.2) is 4.39 Å². The van der Waals surface area contributed by atoms with E-state index in [-0.39, 0.29) is 0 Å². The Morgan fingerprint density at radius 1 is 0.947 bits per heavy atom. The zero-order chi connectivity index (χ0) is 13.5. The minimum Gasteiger partial charge on any atom is -0.216 e. The van der Waals surface area contributed by atoms with Crippen LogP contribution in [-0.2, 0) is 0 Å². The normalized spacial score (nSPS) is 36.2. The van der Waals surface area contributed by atoms with Crippen molar-refractivity contribution in [3.05, 3.63) is 12.4 Å². The Morgan fingerprint density at radius 3 is 2.05 bits per heavy atom. The van der Waals surface area contributed by atoms with E-state index in [9.17, 15) is 4.39 Å². The van der Waals surface area contributed by atoms with Crippen LogP contribution in [0.3, 0.4) is 0 Å². The summed E-state index contributed by atoms with van der Waals surface area (Å²) < 4.78 is 11.9. The highest BCUT2D eigenvalue weighted by Crippen LogP contribution is 2.42. The van der Waals surface area contributed by atoms with Crippen molar-refractivity contribution in [2.45, 2.75) is 64.2 Å². The minimum atomic E-state index is 0.333. The average Bonchev–Trinajstić information content (AvgIpc) is 2.48. The number of hydrogen-bond acceptors (Lipinski definition) is 1. The van der Waals surface area contributed by atoms with Gasteiger partial charge in [-0.1, -0.05) is 18.9 Å². The molecule has 2 heteroatoms. The van der Waals surface area contributed by atoms with Gasteiger partial charge >= 0.3 is 0 Å². The summed E-state index contributed by atoms with van der Waals surface area (Å²) in [5.41, 5.74) is 0. The second kappa shape index (κ2) is 7.68. The Balaban J connectivity index is 1.67. The first-order valence-electron chi connectivity index (χ1n) is 7.98. The van der Waals surface area contributed by atoms with Gasteiger partial charge in [0.2, 0.25) is 0 Å². The maximum Gasteiger partial charge on any atom is 0.0827 e. The number of rotatable bonds is 4. The molecule has 0 radical (unpaired) electrons. The average molecular weight is 263 g/mol. The molecule has 2 fully saturated rings. The number of halogens is 1. The fourth-order valence-corrected chi connectivity index (χ4v) is 4.06. The third-order valence-electron chi connectivity index (χ3n) is 5.34. The van der Waals surface area contributed by atoms with Gasteiger partial charge in [0.1, 0.15) is 0 Å². The number of nitriles is 1. The van der Waals surface area contributed by atoms with Crippen LogP contribution in [0.5, 0.6) is 0 Å². The molecular formula is C17H26FN. The lowest BCUT2D eigenvalue weighted by atomic mass is 9.69. The molecule has 0 heterocycles. The molecule has 0 saturated heterocycles. The molecule has 0 aromatic carbocycles. The molecule has 0 amide bonds. The quantitative estimate of drug-likeness (QED) is 0.667. The molecule has 0 atom stereocenters. The third kappa shape index (κ3) is 4.34. The predicted molar refractivity (Wildman–Crippen MR) is 76.0 cm³/mol. The molecular weight excluding hydrogens is 237 g/mol. The lowest BCUT2D eigenvalue weighted by molar-refractivity contribution is 0.154. The van der Waals surface area contributed by atoms with Crippen LogP contribution in [0, 0.1) is 35.0 Å². The first-order chi connectivity index (χ1) is 9.33. The van der Waals surface area contributed by atoms with E-state index >= 15 is 0 Å². The first kappa shape index (κ1) is 14.6. The van der Waals surface area contributed by atoms with Crippen molar-refractivity contribution in [3.8, 4) is 6.07 Å². The second-order valence-corrected chi connectivity index (χ2v) is 6.46. The Labute approximate surface area is 116 Å². The van der Waals surface area contributed by atoms with Crippen LogP contribution in [0.4, 0.5) is 4.39 Å². The van der Waals surface area contributed by atoms with Gasteiger partial charge in [0.05, 0.1) is 12.4 Å². The molecule has 1 nitrogen and oxygen atoms in total. The highest BCUT2D eigenvalue weighted by molar-refractivity contribution is 4.89. The van der Waals surface area contributed by atoms with Crippen LogP contribution in [0.15, 0.2) is 12.4 Å². The van der Waals surface area contributed by atoms with Crippen LogP contribution < -0.4 is 0 Å². The van der Waals surface area contributed by atoms with E-state index in [1.165, 1.54) is 38.5 Å². The van der Waals surface area contributed by atoms with Gasteiger partial charge in [-0.05, 0) is 69.1 Å². The van der Waals surface area contributed by atoms with E-state index in [1.807, 2.05) is 0 Å². The smallest absolute Gasteiger partial charge is 0.0827 e. The van der Waals surface area contributed by atoms with Crippen molar-refractivity contribution in [1.29, 1.82) is 5.26 Å². The van der Waals surface area contributed by atoms with Gasteiger partial charge in [-0.2, -0.15) is 5.26 Å². The van der Waals surface area contributed by atoms with Gasteiger partial charge in [-0.15, -0.1) is 0 Å². The number of nitrogens with zero attached hydrogens (tertiary/aromatic N) is 1. The minimum absolute atomic E-state index is 0.333. The van der Waals surface area contributed by atoms with E-state index in [0.717, 1.165) is 43.4 Å². The van der Waals surface area contributed by atoms with Crippen LogP contribution >= 0.6 is 0 Å². The molecule has 2 aliphatic carbocycles. The summed E-state index contributed by atoms with van der Waals surface area (Å²) in [4.78, 5) is 0. The van der Waals surface area contributed by atoms with E-state index in [4.69, 9.17) is 5.26 Å². The first-order valence-corrected chi connectivity index (χ1v) is 7.98. The maximum atomic E-state index is 11.9. The summed E-state index contributed by atoms with van der Waals surface area (Å²) in [6.07, 6.45) is 14.6. The van der Waals surface area contributed by atoms with E-state index in [2.05, 4.69) is 6.07 Å². The van der Waals surface area contributed by atoms with E-state index in [1.54, 1.807) is 6.08 Å². The summed E-state index contributed by atoms with van der Waals surface area (Å²) in [5.74, 6) is 2.95. The Hall–Kier alpha value is -0.840. The molecule has 0 unspecified atom stereocenters. The Kier molecular flexibility index (Phi) is 5.89. The fourth-order valence-electron chi connectivity index (χ4n) is 4.06.